The maximum absolute atomic E-state index is 12.5. The zero-order chi connectivity index (χ0) is 32.1. The fraction of sp³-hybridized carbons (Fsp3) is 0.444. The summed E-state index contributed by atoms with van der Waals surface area (Å²) >= 11 is 0. The van der Waals surface area contributed by atoms with Crippen LogP contribution in [0.3, 0.4) is 0 Å². The summed E-state index contributed by atoms with van der Waals surface area (Å²) in [7, 11) is 3.66. The Morgan fingerprint density at radius 3 is 1.39 bits per heavy atom. The highest BCUT2D eigenvalue weighted by Gasteiger charge is 2.38. The van der Waals surface area contributed by atoms with Crippen molar-refractivity contribution in [1.29, 1.82) is 0 Å². The van der Waals surface area contributed by atoms with E-state index < -0.39 is 0 Å². The smallest absolute Gasteiger partial charge is 0.259 e. The van der Waals surface area contributed by atoms with Crippen LogP contribution >= 0.6 is 0 Å². The second-order valence-electron chi connectivity index (χ2n) is 13.8. The average molecular weight is 595 g/mol. The summed E-state index contributed by atoms with van der Waals surface area (Å²) in [6.45, 7) is 17.4. The quantitative estimate of drug-likeness (QED) is 0.269. The average Bonchev–Trinajstić information content (AvgIpc) is 3.62. The van der Waals surface area contributed by atoms with Gasteiger partial charge in [0.05, 0.1) is 22.5 Å². The van der Waals surface area contributed by atoms with Gasteiger partial charge in [0, 0.05) is 37.9 Å². The minimum atomic E-state index is -0.0867. The van der Waals surface area contributed by atoms with E-state index >= 15 is 0 Å². The molecule has 2 aliphatic carbocycles. The maximum Gasteiger partial charge on any atom is 0.259 e. The van der Waals surface area contributed by atoms with Crippen LogP contribution in [-0.4, -0.2) is 31.4 Å². The van der Waals surface area contributed by atoms with Gasteiger partial charge in [0.1, 0.15) is 0 Å². The largest absolute Gasteiger partial charge is 0.322 e. The summed E-state index contributed by atoms with van der Waals surface area (Å²) < 4.78 is 3.34. The highest BCUT2D eigenvalue weighted by atomic mass is 16.2. The Labute approximate surface area is 261 Å². The van der Waals surface area contributed by atoms with E-state index in [1.165, 1.54) is 22.3 Å². The molecule has 2 N–H and O–H groups in total. The Bertz CT molecular complexity index is 1610. The first-order chi connectivity index (χ1) is 20.6. The number of hydrogen-bond acceptors (Lipinski definition) is 4. The van der Waals surface area contributed by atoms with Gasteiger partial charge in [-0.15, -0.1) is 0 Å². The topological polar surface area (TPSA) is 93.8 Å². The molecule has 2 aromatic heterocycles. The third kappa shape index (κ3) is 5.58. The van der Waals surface area contributed by atoms with Gasteiger partial charge < -0.3 is 10.6 Å². The molecule has 6 rings (SSSR count). The number of amides is 2. The van der Waals surface area contributed by atoms with Crippen molar-refractivity contribution in [3.8, 4) is 0 Å². The van der Waals surface area contributed by atoms with Gasteiger partial charge in [-0.05, 0) is 83.7 Å². The fourth-order valence-corrected chi connectivity index (χ4v) is 6.73. The van der Waals surface area contributed by atoms with Crippen molar-refractivity contribution in [1.82, 2.24) is 19.6 Å². The van der Waals surface area contributed by atoms with Crippen LogP contribution < -0.4 is 10.6 Å². The van der Waals surface area contributed by atoms with Crippen molar-refractivity contribution in [3.63, 3.8) is 0 Å². The first-order valence-corrected chi connectivity index (χ1v) is 15.5. The molecule has 0 spiro atoms. The number of aromatic nitrogens is 4. The van der Waals surface area contributed by atoms with Gasteiger partial charge in [-0.1, -0.05) is 65.8 Å². The minimum absolute atomic E-state index is 0.0867. The summed E-state index contributed by atoms with van der Waals surface area (Å²) in [4.78, 5) is 25.1. The number of carbonyl (C=O) groups excluding carboxylic acids is 2. The van der Waals surface area contributed by atoms with E-state index in [1.54, 1.807) is 21.8 Å². The lowest BCUT2D eigenvalue weighted by molar-refractivity contribution is 0.101. The summed E-state index contributed by atoms with van der Waals surface area (Å²) in [5.41, 5.74) is 10.2. The first-order valence-electron chi connectivity index (χ1n) is 15.5. The lowest BCUT2D eigenvalue weighted by Crippen LogP contribution is -2.21. The van der Waals surface area contributed by atoms with Gasteiger partial charge in [-0.2, -0.15) is 10.2 Å². The van der Waals surface area contributed by atoms with Gasteiger partial charge in [-0.3, -0.25) is 19.0 Å². The van der Waals surface area contributed by atoms with E-state index in [4.69, 9.17) is 0 Å². The predicted molar refractivity (Wildman–Crippen MR) is 176 cm³/mol. The predicted octanol–water partition coefficient (Wildman–Crippen LogP) is 6.90. The van der Waals surface area contributed by atoms with E-state index in [0.29, 0.717) is 23.0 Å². The van der Waals surface area contributed by atoms with Crippen molar-refractivity contribution in [2.24, 2.45) is 25.9 Å². The minimum Gasteiger partial charge on any atom is -0.322 e. The molecule has 2 aliphatic rings. The van der Waals surface area contributed by atoms with E-state index in [1.807, 2.05) is 52.2 Å². The molecule has 0 saturated heterocycles. The standard InChI is InChI=1S/2C18H23N3O/c2*1-11-9-13-15(18(11,3)4)7-6-8-16(13)19-17(22)14-10-21(5)20-12(14)2/h2*6-8,10-11H,9H2,1-5H3,(H,19,22). The van der Waals surface area contributed by atoms with Crippen LogP contribution in [0.25, 0.3) is 0 Å². The van der Waals surface area contributed by atoms with Crippen LogP contribution in [0.4, 0.5) is 11.4 Å². The van der Waals surface area contributed by atoms with Crippen LogP contribution in [-0.2, 0) is 37.8 Å². The van der Waals surface area contributed by atoms with Crippen LogP contribution in [0, 0.1) is 25.7 Å². The van der Waals surface area contributed by atoms with E-state index in [0.717, 1.165) is 35.6 Å². The maximum atomic E-state index is 12.5. The Morgan fingerprint density at radius 2 is 1.07 bits per heavy atom. The number of anilines is 2. The molecule has 0 saturated carbocycles. The summed E-state index contributed by atoms with van der Waals surface area (Å²) in [5.74, 6) is 0.967. The molecule has 2 atom stereocenters. The Balaban J connectivity index is 0.000000175. The van der Waals surface area contributed by atoms with Gasteiger partial charge in [0.2, 0.25) is 0 Å². The molecule has 44 heavy (non-hydrogen) atoms. The summed E-state index contributed by atoms with van der Waals surface area (Å²) in [6.07, 6.45) is 5.54. The van der Waals surface area contributed by atoms with Gasteiger partial charge in [-0.25, -0.2) is 0 Å². The Hall–Kier alpha value is -4.20. The molecular weight excluding hydrogens is 548 g/mol. The number of nitrogens with one attached hydrogen (secondary N) is 2. The van der Waals surface area contributed by atoms with Crippen molar-refractivity contribution in [3.05, 3.63) is 93.6 Å². The molecule has 232 valence electrons. The second-order valence-corrected chi connectivity index (χ2v) is 13.8. The monoisotopic (exact) mass is 594 g/mol. The SMILES string of the molecule is Cc1nn(C)cc1C(=O)Nc1cccc2c1CC(C)C2(C)C.Cc1nn(C)cc1C(=O)Nc1cccc2c1CC(C)C2(C)C. The molecule has 2 heterocycles. The number of aryl methyl sites for hydroxylation is 4. The lowest BCUT2D eigenvalue weighted by atomic mass is 9.80. The van der Waals surface area contributed by atoms with Crippen molar-refractivity contribution in [2.45, 2.75) is 79.1 Å². The second kappa shape index (κ2) is 11.4. The third-order valence-electron chi connectivity index (χ3n) is 10.2. The zero-order valence-electron chi connectivity index (χ0n) is 27.8. The molecular formula is C36H46N6O2. The van der Waals surface area contributed by atoms with Crippen molar-refractivity contribution in [2.75, 3.05) is 10.6 Å². The molecule has 2 aromatic carbocycles. The van der Waals surface area contributed by atoms with E-state index in [-0.39, 0.29) is 22.6 Å². The van der Waals surface area contributed by atoms with E-state index in [9.17, 15) is 9.59 Å². The molecule has 2 unspecified atom stereocenters. The highest BCUT2D eigenvalue weighted by Crippen LogP contribution is 2.46. The molecule has 0 aliphatic heterocycles. The lowest BCUT2D eigenvalue weighted by Gasteiger charge is -2.25. The number of nitrogens with zero attached hydrogens (tertiary/aromatic N) is 4. The fourth-order valence-electron chi connectivity index (χ4n) is 6.73. The Kier molecular flexibility index (Phi) is 8.08. The number of rotatable bonds is 4. The summed E-state index contributed by atoms with van der Waals surface area (Å²) in [6, 6.07) is 12.4. The van der Waals surface area contributed by atoms with Gasteiger partial charge >= 0.3 is 0 Å². The van der Waals surface area contributed by atoms with Crippen LogP contribution in [0.15, 0.2) is 48.8 Å². The molecule has 2 amide bonds. The Morgan fingerprint density at radius 1 is 0.705 bits per heavy atom. The molecule has 0 bridgehead atoms. The first kappa shape index (κ1) is 31.2. The van der Waals surface area contributed by atoms with Crippen LogP contribution in [0.1, 0.15) is 95.9 Å². The highest BCUT2D eigenvalue weighted by molar-refractivity contribution is 6.06. The number of benzene rings is 2. The summed E-state index contributed by atoms with van der Waals surface area (Å²) in [5, 5.41) is 14.6. The van der Waals surface area contributed by atoms with Crippen molar-refractivity contribution >= 4 is 23.2 Å². The normalized spacial score (nSPS) is 19.0. The van der Waals surface area contributed by atoms with E-state index in [2.05, 4.69) is 74.5 Å². The van der Waals surface area contributed by atoms with Gasteiger partial charge in [0.15, 0.2) is 0 Å². The van der Waals surface area contributed by atoms with Crippen molar-refractivity contribution < 1.29 is 9.59 Å². The van der Waals surface area contributed by atoms with Gasteiger partial charge in [0.25, 0.3) is 11.8 Å². The van der Waals surface area contributed by atoms with Crippen LogP contribution in [0.2, 0.25) is 0 Å². The molecule has 4 aromatic rings. The number of fused-ring (bicyclic) bond motifs is 2. The molecule has 8 nitrogen and oxygen atoms in total. The zero-order valence-corrected chi connectivity index (χ0v) is 27.8. The third-order valence-corrected chi connectivity index (χ3v) is 10.2. The number of hydrogen-bond donors (Lipinski definition) is 2. The molecule has 0 radical (unpaired) electrons. The van der Waals surface area contributed by atoms with Crippen LogP contribution in [0.5, 0.6) is 0 Å². The molecule has 8 heteroatoms. The number of carbonyl (C=O) groups is 2. The molecule has 0 fully saturated rings.